The van der Waals surface area contributed by atoms with Crippen molar-refractivity contribution in [2.24, 2.45) is 0 Å². The lowest BCUT2D eigenvalue weighted by Gasteiger charge is -2.12. The molecule has 2 aromatic carbocycles. The predicted octanol–water partition coefficient (Wildman–Crippen LogP) is 5.08. The highest BCUT2D eigenvalue weighted by Gasteiger charge is 2.19. The number of hydrogen-bond donors (Lipinski definition) is 0. The van der Waals surface area contributed by atoms with E-state index < -0.39 is 0 Å². The van der Waals surface area contributed by atoms with Gasteiger partial charge in [-0.1, -0.05) is 53.2 Å². The Balaban J connectivity index is 2.14. The summed E-state index contributed by atoms with van der Waals surface area (Å²) in [4.78, 5) is 14.8. The summed E-state index contributed by atoms with van der Waals surface area (Å²) < 4.78 is 3.65. The molecule has 0 atom stereocenters. The third-order valence-corrected chi connectivity index (χ3v) is 5.47. The van der Waals surface area contributed by atoms with E-state index in [2.05, 4.69) is 19.1 Å². The summed E-state index contributed by atoms with van der Waals surface area (Å²) in [6, 6.07) is 15.6. The first-order chi connectivity index (χ1) is 11.5. The highest BCUT2D eigenvalue weighted by Crippen LogP contribution is 2.30. The zero-order valence-electron chi connectivity index (χ0n) is 13.9. The maximum atomic E-state index is 13.1. The van der Waals surface area contributed by atoms with Crippen LogP contribution in [-0.4, -0.2) is 9.36 Å². The van der Waals surface area contributed by atoms with Crippen molar-refractivity contribution in [3.05, 3.63) is 75.2 Å². The number of aromatic nitrogens is 2. The van der Waals surface area contributed by atoms with Gasteiger partial charge in [0.05, 0.1) is 16.4 Å². The van der Waals surface area contributed by atoms with Crippen molar-refractivity contribution in [3.63, 3.8) is 0 Å². The van der Waals surface area contributed by atoms with Gasteiger partial charge in [0.1, 0.15) is 4.90 Å². The van der Waals surface area contributed by atoms with Gasteiger partial charge in [0.25, 0.3) is 5.56 Å². The molecule has 0 unspecified atom stereocenters. The summed E-state index contributed by atoms with van der Waals surface area (Å²) in [6.45, 7) is 6.76. The summed E-state index contributed by atoms with van der Waals surface area (Å²) in [6.07, 6.45) is 0. The van der Waals surface area contributed by atoms with Gasteiger partial charge in [-0.2, -0.15) is 0 Å². The Bertz CT molecular complexity index is 926. The molecule has 24 heavy (non-hydrogen) atoms. The van der Waals surface area contributed by atoms with E-state index in [0.717, 1.165) is 15.5 Å². The van der Waals surface area contributed by atoms with Gasteiger partial charge in [-0.15, -0.1) is 0 Å². The predicted molar refractivity (Wildman–Crippen MR) is 101 cm³/mol. The van der Waals surface area contributed by atoms with Gasteiger partial charge in [0.15, 0.2) is 0 Å². The summed E-state index contributed by atoms with van der Waals surface area (Å²) in [7, 11) is 0. The lowest BCUT2D eigenvalue weighted by Crippen LogP contribution is -2.21. The maximum Gasteiger partial charge on any atom is 0.285 e. The molecule has 1 heterocycles. The molecular formula is C19H19ClN2OS. The summed E-state index contributed by atoms with van der Waals surface area (Å²) in [5.41, 5.74) is 2.83. The highest BCUT2D eigenvalue weighted by atomic mass is 35.5. The van der Waals surface area contributed by atoms with Crippen molar-refractivity contribution in [1.29, 1.82) is 0 Å². The molecule has 0 saturated heterocycles. The van der Waals surface area contributed by atoms with Crippen molar-refractivity contribution in [3.8, 4) is 5.69 Å². The van der Waals surface area contributed by atoms with Crippen LogP contribution in [0.5, 0.6) is 0 Å². The summed E-state index contributed by atoms with van der Waals surface area (Å²) in [5.74, 6) is 0. The Kier molecular flexibility index (Phi) is 4.88. The quantitative estimate of drug-likeness (QED) is 0.650. The largest absolute Gasteiger partial charge is 0.285 e. The zero-order valence-corrected chi connectivity index (χ0v) is 15.5. The van der Waals surface area contributed by atoms with E-state index in [1.165, 1.54) is 17.3 Å². The third kappa shape index (κ3) is 3.04. The highest BCUT2D eigenvalue weighted by molar-refractivity contribution is 7.99. The minimum atomic E-state index is -0.0342. The van der Waals surface area contributed by atoms with Crippen LogP contribution < -0.4 is 5.56 Å². The molecule has 3 rings (SSSR count). The molecule has 3 aromatic rings. The number of rotatable bonds is 4. The number of nitrogens with zero attached hydrogens (tertiary/aromatic N) is 2. The normalized spacial score (nSPS) is 11.0. The van der Waals surface area contributed by atoms with Gasteiger partial charge < -0.3 is 0 Å². The van der Waals surface area contributed by atoms with E-state index in [-0.39, 0.29) is 5.56 Å². The lowest BCUT2D eigenvalue weighted by atomic mass is 10.2. The molecule has 0 spiro atoms. The molecule has 1 aromatic heterocycles. The van der Waals surface area contributed by atoms with Crippen LogP contribution in [0.4, 0.5) is 0 Å². The van der Waals surface area contributed by atoms with Crippen LogP contribution in [0.3, 0.4) is 0 Å². The third-order valence-electron chi connectivity index (χ3n) is 3.96. The van der Waals surface area contributed by atoms with Crippen molar-refractivity contribution >= 4 is 23.4 Å². The first-order valence-corrected chi connectivity index (χ1v) is 9.04. The fraction of sp³-hybridized carbons (Fsp3) is 0.211. The Hall–Kier alpha value is -1.91. The van der Waals surface area contributed by atoms with Gasteiger partial charge in [-0.25, -0.2) is 4.68 Å². The Morgan fingerprint density at radius 1 is 1.04 bits per heavy atom. The minimum absolute atomic E-state index is 0.0342. The van der Waals surface area contributed by atoms with Crippen LogP contribution in [-0.2, 0) is 6.54 Å². The maximum absolute atomic E-state index is 13.1. The monoisotopic (exact) mass is 358 g/mol. The molecule has 0 fully saturated rings. The average molecular weight is 359 g/mol. The molecule has 3 nitrogen and oxygen atoms in total. The van der Waals surface area contributed by atoms with Crippen molar-refractivity contribution in [2.75, 3.05) is 0 Å². The summed E-state index contributed by atoms with van der Waals surface area (Å²) in [5, 5.41) is 0.568. The van der Waals surface area contributed by atoms with E-state index in [9.17, 15) is 4.79 Å². The van der Waals surface area contributed by atoms with Gasteiger partial charge in [0.2, 0.25) is 0 Å². The average Bonchev–Trinajstić information content (AvgIpc) is 2.81. The van der Waals surface area contributed by atoms with E-state index in [4.69, 9.17) is 11.6 Å². The second-order valence-electron chi connectivity index (χ2n) is 5.61. The second-order valence-corrected chi connectivity index (χ2v) is 7.10. The molecule has 0 saturated carbocycles. The summed E-state index contributed by atoms with van der Waals surface area (Å²) >= 11 is 7.82. The van der Waals surface area contributed by atoms with Crippen molar-refractivity contribution in [1.82, 2.24) is 9.36 Å². The van der Waals surface area contributed by atoms with Crippen LogP contribution >= 0.6 is 23.4 Å². The topological polar surface area (TPSA) is 26.9 Å². The minimum Gasteiger partial charge on any atom is -0.281 e. The Morgan fingerprint density at radius 2 is 1.71 bits per heavy atom. The number of para-hydroxylation sites is 1. The van der Waals surface area contributed by atoms with Crippen LogP contribution in [0.15, 0.2) is 63.1 Å². The number of halogens is 1. The molecule has 0 aliphatic rings. The van der Waals surface area contributed by atoms with Crippen molar-refractivity contribution in [2.45, 2.75) is 37.1 Å². The van der Waals surface area contributed by atoms with E-state index in [0.29, 0.717) is 17.3 Å². The molecular weight excluding hydrogens is 340 g/mol. The first-order valence-electron chi connectivity index (χ1n) is 7.84. The first kappa shape index (κ1) is 16.9. The van der Waals surface area contributed by atoms with Gasteiger partial charge in [0, 0.05) is 11.4 Å². The number of benzene rings is 2. The van der Waals surface area contributed by atoms with E-state index >= 15 is 0 Å². The zero-order chi connectivity index (χ0) is 17.3. The lowest BCUT2D eigenvalue weighted by molar-refractivity contribution is 0.559. The number of hydrogen-bond acceptors (Lipinski definition) is 2. The Morgan fingerprint density at radius 3 is 2.33 bits per heavy atom. The molecule has 0 aliphatic carbocycles. The second kappa shape index (κ2) is 6.91. The van der Waals surface area contributed by atoms with E-state index in [1.807, 2.05) is 48.9 Å². The van der Waals surface area contributed by atoms with Crippen LogP contribution in [0.1, 0.15) is 18.2 Å². The van der Waals surface area contributed by atoms with Gasteiger partial charge in [-0.05, 0) is 45.0 Å². The smallest absolute Gasteiger partial charge is 0.281 e. The van der Waals surface area contributed by atoms with E-state index in [1.54, 1.807) is 10.7 Å². The molecule has 0 aliphatic heterocycles. The van der Waals surface area contributed by atoms with Crippen molar-refractivity contribution < 1.29 is 0 Å². The van der Waals surface area contributed by atoms with Crippen LogP contribution in [0.2, 0.25) is 5.02 Å². The fourth-order valence-electron chi connectivity index (χ4n) is 2.71. The standard InChI is InChI=1S/C19H19ClN2OS/c1-4-21-14(3)18(24-15-11-9-13(2)10-12-15)19(23)22(21)17-8-6-5-7-16(17)20/h5-12H,4H2,1-3H3. The Labute approximate surface area is 150 Å². The molecule has 5 heteroatoms. The molecule has 0 amide bonds. The van der Waals surface area contributed by atoms with Crippen LogP contribution in [0, 0.1) is 13.8 Å². The molecule has 0 N–H and O–H groups in total. The number of aryl methyl sites for hydroxylation is 1. The molecule has 0 radical (unpaired) electrons. The molecule has 124 valence electrons. The fourth-order valence-corrected chi connectivity index (χ4v) is 3.86. The SMILES string of the molecule is CCn1c(C)c(Sc2ccc(C)cc2)c(=O)n1-c1ccccc1Cl. The van der Waals surface area contributed by atoms with Crippen LogP contribution in [0.25, 0.3) is 5.69 Å². The van der Waals surface area contributed by atoms with Gasteiger partial charge in [-0.3, -0.25) is 9.48 Å². The molecule has 0 bridgehead atoms. The van der Waals surface area contributed by atoms with Gasteiger partial charge >= 0.3 is 0 Å².